The Labute approximate surface area is 167 Å². The van der Waals surface area contributed by atoms with Gasteiger partial charge in [0.15, 0.2) is 5.78 Å². The highest BCUT2D eigenvalue weighted by atomic mass is 16.4. The van der Waals surface area contributed by atoms with Crippen molar-refractivity contribution in [3.8, 4) is 0 Å². The molecule has 1 fully saturated rings. The molecule has 0 radical (unpaired) electrons. The molecule has 2 aliphatic heterocycles. The van der Waals surface area contributed by atoms with Crippen LogP contribution in [0.3, 0.4) is 0 Å². The number of aliphatic hydroxyl groups is 1. The zero-order valence-electron chi connectivity index (χ0n) is 15.7. The van der Waals surface area contributed by atoms with Gasteiger partial charge in [0, 0.05) is 16.8 Å². The third-order valence-corrected chi connectivity index (χ3v) is 5.61. The van der Waals surface area contributed by atoms with E-state index in [4.69, 9.17) is 5.73 Å². The van der Waals surface area contributed by atoms with Gasteiger partial charge in [0.1, 0.15) is 5.70 Å². The van der Waals surface area contributed by atoms with E-state index < -0.39 is 18.0 Å². The monoisotopic (exact) mass is 392 g/mol. The SMILES string of the molecule is C[C@@H](O)[C@H]1C(=O)N2C(C(=O)O)=C(c3cccc(C(=O)c4ccccc4N)c3)C[C@H]12. The lowest BCUT2D eigenvalue weighted by Crippen LogP contribution is -2.61. The summed E-state index contributed by atoms with van der Waals surface area (Å²) < 4.78 is 0. The van der Waals surface area contributed by atoms with Gasteiger partial charge >= 0.3 is 5.97 Å². The molecule has 0 aromatic heterocycles. The average Bonchev–Trinajstić information content (AvgIpc) is 3.03. The molecule has 148 valence electrons. The summed E-state index contributed by atoms with van der Waals surface area (Å²) in [6, 6.07) is 13.0. The Morgan fingerprint density at radius 1 is 1.17 bits per heavy atom. The number of anilines is 1. The Morgan fingerprint density at radius 3 is 2.55 bits per heavy atom. The fraction of sp³-hybridized carbons (Fsp3) is 0.227. The first kappa shape index (κ1) is 18.9. The average molecular weight is 392 g/mol. The van der Waals surface area contributed by atoms with E-state index in [0.717, 1.165) is 0 Å². The highest BCUT2D eigenvalue weighted by Gasteiger charge is 2.56. The van der Waals surface area contributed by atoms with Crippen LogP contribution in [-0.2, 0) is 9.59 Å². The Balaban J connectivity index is 1.73. The topological polar surface area (TPSA) is 121 Å². The summed E-state index contributed by atoms with van der Waals surface area (Å²) in [6.45, 7) is 1.53. The molecule has 1 amide bonds. The lowest BCUT2D eigenvalue weighted by Gasteiger charge is -2.44. The van der Waals surface area contributed by atoms with Crippen molar-refractivity contribution in [1.82, 2.24) is 4.90 Å². The molecule has 2 aromatic carbocycles. The fourth-order valence-electron chi connectivity index (χ4n) is 4.23. The molecule has 0 saturated carbocycles. The van der Waals surface area contributed by atoms with Crippen LogP contribution in [0.2, 0.25) is 0 Å². The van der Waals surface area contributed by atoms with Gasteiger partial charge in [-0.2, -0.15) is 0 Å². The van der Waals surface area contributed by atoms with Crippen molar-refractivity contribution in [2.75, 3.05) is 5.73 Å². The highest BCUT2D eigenvalue weighted by molar-refractivity contribution is 6.13. The van der Waals surface area contributed by atoms with Gasteiger partial charge in [0.05, 0.1) is 18.1 Å². The number of fused-ring (bicyclic) bond motifs is 1. The van der Waals surface area contributed by atoms with Crippen LogP contribution in [0.15, 0.2) is 54.2 Å². The Hall–Kier alpha value is -3.45. The zero-order valence-corrected chi connectivity index (χ0v) is 15.7. The number of carbonyl (C=O) groups excluding carboxylic acids is 2. The van der Waals surface area contributed by atoms with Crippen molar-refractivity contribution in [2.24, 2.45) is 5.92 Å². The van der Waals surface area contributed by atoms with Crippen molar-refractivity contribution in [2.45, 2.75) is 25.5 Å². The third kappa shape index (κ3) is 2.91. The molecule has 2 aromatic rings. The van der Waals surface area contributed by atoms with E-state index in [2.05, 4.69) is 0 Å². The minimum absolute atomic E-state index is 0.0827. The van der Waals surface area contributed by atoms with Crippen molar-refractivity contribution in [3.63, 3.8) is 0 Å². The first-order chi connectivity index (χ1) is 13.8. The zero-order chi connectivity index (χ0) is 20.9. The van der Waals surface area contributed by atoms with Crippen LogP contribution in [0.1, 0.15) is 34.8 Å². The van der Waals surface area contributed by atoms with Gasteiger partial charge in [-0.25, -0.2) is 4.79 Å². The van der Waals surface area contributed by atoms with E-state index in [1.54, 1.807) is 48.5 Å². The molecule has 0 unspecified atom stereocenters. The van der Waals surface area contributed by atoms with E-state index in [1.807, 2.05) is 0 Å². The molecule has 2 heterocycles. The van der Waals surface area contributed by atoms with Crippen LogP contribution in [0.4, 0.5) is 5.69 Å². The number of ketones is 1. The maximum Gasteiger partial charge on any atom is 0.352 e. The number of β-lactam (4-membered cyclic amide) rings is 1. The van der Waals surface area contributed by atoms with Crippen LogP contribution in [0.5, 0.6) is 0 Å². The normalized spacial score (nSPS) is 21.6. The number of rotatable bonds is 5. The van der Waals surface area contributed by atoms with Crippen LogP contribution in [-0.4, -0.2) is 44.9 Å². The molecule has 29 heavy (non-hydrogen) atoms. The molecule has 0 spiro atoms. The molecule has 7 heteroatoms. The highest BCUT2D eigenvalue weighted by Crippen LogP contribution is 2.47. The van der Waals surface area contributed by atoms with Crippen molar-refractivity contribution < 1.29 is 24.6 Å². The fourth-order valence-corrected chi connectivity index (χ4v) is 4.23. The molecule has 1 saturated heterocycles. The Bertz CT molecular complexity index is 1070. The number of hydrogen-bond acceptors (Lipinski definition) is 5. The summed E-state index contributed by atoms with van der Waals surface area (Å²) in [5, 5.41) is 19.6. The van der Waals surface area contributed by atoms with E-state index in [1.165, 1.54) is 11.8 Å². The van der Waals surface area contributed by atoms with E-state index in [-0.39, 0.29) is 23.4 Å². The van der Waals surface area contributed by atoms with Gasteiger partial charge in [-0.1, -0.05) is 30.3 Å². The van der Waals surface area contributed by atoms with Crippen molar-refractivity contribution in [3.05, 3.63) is 70.9 Å². The van der Waals surface area contributed by atoms with E-state index >= 15 is 0 Å². The number of nitrogens with two attached hydrogens (primary N) is 1. The number of carbonyl (C=O) groups is 3. The van der Waals surface area contributed by atoms with Gasteiger partial charge in [0.25, 0.3) is 0 Å². The van der Waals surface area contributed by atoms with E-state index in [0.29, 0.717) is 34.4 Å². The number of nitrogens with zero attached hydrogens (tertiary/aromatic N) is 1. The number of hydrogen-bond donors (Lipinski definition) is 3. The van der Waals surface area contributed by atoms with Gasteiger partial charge in [-0.3, -0.25) is 9.59 Å². The minimum atomic E-state index is -1.20. The molecule has 7 nitrogen and oxygen atoms in total. The summed E-state index contributed by atoms with van der Waals surface area (Å²) in [4.78, 5) is 38.4. The summed E-state index contributed by atoms with van der Waals surface area (Å²) >= 11 is 0. The Morgan fingerprint density at radius 2 is 1.90 bits per heavy atom. The lowest BCUT2D eigenvalue weighted by molar-refractivity contribution is -0.161. The molecule has 4 rings (SSSR count). The predicted molar refractivity (Wildman–Crippen MR) is 106 cm³/mol. The molecular formula is C22H20N2O5. The number of para-hydroxylation sites is 1. The molecule has 0 bridgehead atoms. The van der Waals surface area contributed by atoms with Crippen LogP contribution in [0, 0.1) is 5.92 Å². The number of carboxylic acid groups (broad SMARTS) is 1. The van der Waals surface area contributed by atoms with Gasteiger partial charge in [-0.05, 0) is 42.7 Å². The van der Waals surface area contributed by atoms with Gasteiger partial charge in [0.2, 0.25) is 5.91 Å². The standard InChI is InChI=1S/C22H20N2O5/c1-11(25)18-17-10-15(19(22(28)29)24(17)21(18)27)12-5-4-6-13(9-12)20(26)14-7-2-3-8-16(14)23/h2-9,11,17-18,25H,10,23H2,1H3,(H,28,29)/t11-,17-,18-/m1/s1. The molecule has 0 aliphatic carbocycles. The first-order valence-corrected chi connectivity index (χ1v) is 9.28. The lowest BCUT2D eigenvalue weighted by atomic mass is 9.82. The van der Waals surface area contributed by atoms with Gasteiger partial charge in [-0.15, -0.1) is 0 Å². The number of benzene rings is 2. The first-order valence-electron chi connectivity index (χ1n) is 9.28. The predicted octanol–water partition coefficient (Wildman–Crippen LogP) is 1.91. The maximum atomic E-state index is 12.9. The van der Waals surface area contributed by atoms with Crippen molar-refractivity contribution >= 4 is 28.9 Å². The van der Waals surface area contributed by atoms with Crippen LogP contribution >= 0.6 is 0 Å². The number of amides is 1. The second kappa shape index (κ2) is 6.86. The minimum Gasteiger partial charge on any atom is -0.477 e. The molecule has 3 atom stereocenters. The second-order valence-electron chi connectivity index (χ2n) is 7.38. The second-order valence-corrected chi connectivity index (χ2v) is 7.38. The Kier molecular flexibility index (Phi) is 4.47. The maximum absolute atomic E-state index is 12.9. The molecule has 4 N–H and O–H groups in total. The molecular weight excluding hydrogens is 372 g/mol. The van der Waals surface area contributed by atoms with Gasteiger partial charge < -0.3 is 20.8 Å². The number of carboxylic acids is 1. The van der Waals surface area contributed by atoms with Crippen LogP contribution in [0.25, 0.3) is 5.57 Å². The largest absolute Gasteiger partial charge is 0.477 e. The summed E-state index contributed by atoms with van der Waals surface area (Å²) in [5.74, 6) is -2.47. The number of nitrogen functional groups attached to an aromatic ring is 1. The van der Waals surface area contributed by atoms with E-state index in [9.17, 15) is 24.6 Å². The number of aliphatic carboxylic acids is 1. The molecule has 2 aliphatic rings. The van der Waals surface area contributed by atoms with Crippen LogP contribution < -0.4 is 5.73 Å². The summed E-state index contributed by atoms with van der Waals surface area (Å²) in [7, 11) is 0. The summed E-state index contributed by atoms with van der Waals surface area (Å²) in [6.07, 6.45) is -0.541. The smallest absolute Gasteiger partial charge is 0.352 e. The third-order valence-electron chi connectivity index (χ3n) is 5.61. The summed E-state index contributed by atoms with van der Waals surface area (Å²) in [5.41, 5.74) is 7.99. The van der Waals surface area contributed by atoms with Crippen molar-refractivity contribution in [1.29, 1.82) is 0 Å². The number of aliphatic hydroxyl groups excluding tert-OH is 1. The quantitative estimate of drug-likeness (QED) is 0.406.